The molecule has 2 aromatic rings. The van der Waals surface area contributed by atoms with Gasteiger partial charge in [-0.2, -0.15) is 0 Å². The Morgan fingerprint density at radius 1 is 1.32 bits per heavy atom. The van der Waals surface area contributed by atoms with Gasteiger partial charge in [0.1, 0.15) is 6.04 Å². The summed E-state index contributed by atoms with van der Waals surface area (Å²) >= 11 is 3.34. The van der Waals surface area contributed by atoms with E-state index in [1.807, 2.05) is 6.07 Å². The van der Waals surface area contributed by atoms with E-state index >= 15 is 0 Å². The Kier molecular flexibility index (Phi) is 3.18. The first kappa shape index (κ1) is 12.5. The predicted molar refractivity (Wildman–Crippen MR) is 74.1 cm³/mol. The molecule has 1 aromatic carbocycles. The van der Waals surface area contributed by atoms with Crippen LogP contribution in [0.5, 0.6) is 0 Å². The number of carbonyl (C=O) groups excluding carboxylic acids is 1. The molecule has 0 saturated carbocycles. The molecule has 1 aliphatic rings. The summed E-state index contributed by atoms with van der Waals surface area (Å²) in [5.41, 5.74) is 1.16. The monoisotopic (exact) mass is 324 g/mol. The van der Waals surface area contributed by atoms with Gasteiger partial charge in [0.15, 0.2) is 5.58 Å². The summed E-state index contributed by atoms with van der Waals surface area (Å²) in [6.07, 6.45) is 2.52. The molecule has 1 N–H and O–H groups in total. The van der Waals surface area contributed by atoms with Crippen LogP contribution in [0.1, 0.15) is 25.3 Å². The molecule has 100 valence electrons. The third-order valence-electron chi connectivity index (χ3n) is 3.39. The number of carbonyl (C=O) groups is 1. The highest BCUT2D eigenvalue weighted by Crippen LogP contribution is 2.24. The maximum Gasteiger partial charge on any atom is 0.420 e. The van der Waals surface area contributed by atoms with Crippen LogP contribution >= 0.6 is 15.9 Å². The number of nitrogens with one attached hydrogen (secondary N) is 1. The summed E-state index contributed by atoms with van der Waals surface area (Å²) in [4.78, 5) is 24.1. The molecular weight excluding hydrogens is 312 g/mol. The summed E-state index contributed by atoms with van der Waals surface area (Å²) in [6, 6.07) is 4.89. The maximum atomic E-state index is 12.1. The lowest BCUT2D eigenvalue weighted by Crippen LogP contribution is -2.34. The number of oxazole rings is 1. The standard InChI is InChI=1S/C13H13BrN2O3/c14-8-4-5-9-11(7-8)19-13(18)16(9)10-3-1-2-6-15-12(10)17/h4-5,7,10H,1-3,6H2,(H,15,17). The smallest absolute Gasteiger partial charge is 0.408 e. The molecular formula is C13H13BrN2O3. The van der Waals surface area contributed by atoms with Crippen molar-refractivity contribution >= 4 is 32.9 Å². The number of hydrogen-bond donors (Lipinski definition) is 1. The van der Waals surface area contributed by atoms with Gasteiger partial charge < -0.3 is 9.73 Å². The largest absolute Gasteiger partial charge is 0.420 e. The average Bonchev–Trinajstić information content (AvgIpc) is 2.54. The van der Waals surface area contributed by atoms with Gasteiger partial charge in [-0.25, -0.2) is 4.79 Å². The van der Waals surface area contributed by atoms with Crippen molar-refractivity contribution < 1.29 is 9.21 Å². The Bertz CT molecular complexity index is 689. The Morgan fingerprint density at radius 2 is 2.16 bits per heavy atom. The number of amides is 1. The summed E-state index contributed by atoms with van der Waals surface area (Å²) in [5.74, 6) is -0.583. The quantitative estimate of drug-likeness (QED) is 0.874. The van der Waals surface area contributed by atoms with Crippen LogP contribution in [0.15, 0.2) is 31.9 Å². The van der Waals surface area contributed by atoms with Crippen LogP contribution in [0.2, 0.25) is 0 Å². The fourth-order valence-electron chi connectivity index (χ4n) is 2.47. The molecule has 19 heavy (non-hydrogen) atoms. The zero-order valence-electron chi connectivity index (χ0n) is 10.2. The van der Waals surface area contributed by atoms with E-state index in [9.17, 15) is 9.59 Å². The summed E-state index contributed by atoms with van der Waals surface area (Å²) in [6.45, 7) is 0.672. The first-order valence-corrected chi connectivity index (χ1v) is 7.04. The van der Waals surface area contributed by atoms with E-state index in [0.29, 0.717) is 24.1 Å². The van der Waals surface area contributed by atoms with E-state index in [0.717, 1.165) is 17.3 Å². The van der Waals surface area contributed by atoms with Gasteiger partial charge in [-0.1, -0.05) is 15.9 Å². The third-order valence-corrected chi connectivity index (χ3v) is 3.89. The number of aromatic nitrogens is 1. The highest BCUT2D eigenvalue weighted by Gasteiger charge is 2.26. The van der Waals surface area contributed by atoms with Crippen LogP contribution in [0.25, 0.3) is 11.1 Å². The van der Waals surface area contributed by atoms with E-state index in [2.05, 4.69) is 21.2 Å². The van der Waals surface area contributed by atoms with E-state index < -0.39 is 11.8 Å². The van der Waals surface area contributed by atoms with Gasteiger partial charge in [0.25, 0.3) is 0 Å². The molecule has 0 spiro atoms. The molecule has 0 bridgehead atoms. The minimum atomic E-state index is -0.477. The Labute approximate surface area is 117 Å². The molecule has 1 atom stereocenters. The molecule has 2 heterocycles. The number of halogens is 1. The number of benzene rings is 1. The predicted octanol–water partition coefficient (Wildman–Crippen LogP) is 2.20. The molecule has 1 unspecified atom stereocenters. The van der Waals surface area contributed by atoms with Crippen molar-refractivity contribution in [3.63, 3.8) is 0 Å². The molecule has 1 amide bonds. The molecule has 0 radical (unpaired) electrons. The van der Waals surface area contributed by atoms with E-state index in [4.69, 9.17) is 4.42 Å². The van der Waals surface area contributed by atoms with Crippen LogP contribution in [0, 0.1) is 0 Å². The van der Waals surface area contributed by atoms with Crippen molar-refractivity contribution in [2.75, 3.05) is 6.54 Å². The van der Waals surface area contributed by atoms with Crippen LogP contribution in [-0.2, 0) is 4.79 Å². The van der Waals surface area contributed by atoms with Crippen LogP contribution in [0.4, 0.5) is 0 Å². The van der Waals surface area contributed by atoms with Crippen LogP contribution in [-0.4, -0.2) is 17.0 Å². The zero-order chi connectivity index (χ0) is 13.4. The lowest BCUT2D eigenvalue weighted by atomic mass is 10.1. The molecule has 1 fully saturated rings. The van der Waals surface area contributed by atoms with E-state index in [1.54, 1.807) is 12.1 Å². The minimum Gasteiger partial charge on any atom is -0.408 e. The number of fused-ring (bicyclic) bond motifs is 1. The third kappa shape index (κ3) is 2.20. The van der Waals surface area contributed by atoms with Crippen molar-refractivity contribution in [3.05, 3.63) is 33.2 Å². The second-order valence-electron chi connectivity index (χ2n) is 4.65. The molecule has 6 heteroatoms. The first-order valence-electron chi connectivity index (χ1n) is 6.25. The maximum absolute atomic E-state index is 12.1. The first-order chi connectivity index (χ1) is 9.16. The molecule has 5 nitrogen and oxygen atoms in total. The van der Waals surface area contributed by atoms with Crippen LogP contribution < -0.4 is 11.1 Å². The van der Waals surface area contributed by atoms with Gasteiger partial charge in [0, 0.05) is 11.0 Å². The molecule has 3 rings (SSSR count). The highest BCUT2D eigenvalue weighted by atomic mass is 79.9. The zero-order valence-corrected chi connectivity index (χ0v) is 11.8. The van der Waals surface area contributed by atoms with Gasteiger partial charge in [-0.15, -0.1) is 0 Å². The normalized spacial score (nSPS) is 20.3. The second-order valence-corrected chi connectivity index (χ2v) is 5.57. The fourth-order valence-corrected chi connectivity index (χ4v) is 2.82. The topological polar surface area (TPSA) is 64.2 Å². The summed E-state index contributed by atoms with van der Waals surface area (Å²) in [7, 11) is 0. The Morgan fingerprint density at radius 3 is 3.00 bits per heavy atom. The van der Waals surface area contributed by atoms with Crippen molar-refractivity contribution in [3.8, 4) is 0 Å². The van der Waals surface area contributed by atoms with Crippen molar-refractivity contribution in [1.29, 1.82) is 0 Å². The van der Waals surface area contributed by atoms with Crippen molar-refractivity contribution in [2.24, 2.45) is 0 Å². The summed E-state index contributed by atoms with van der Waals surface area (Å²) in [5, 5.41) is 2.84. The van der Waals surface area contributed by atoms with Gasteiger partial charge in [-0.3, -0.25) is 9.36 Å². The molecule has 1 aromatic heterocycles. The van der Waals surface area contributed by atoms with Crippen molar-refractivity contribution in [2.45, 2.75) is 25.3 Å². The van der Waals surface area contributed by atoms with Gasteiger partial charge >= 0.3 is 5.76 Å². The Balaban J connectivity index is 2.15. The molecule has 1 aliphatic heterocycles. The summed E-state index contributed by atoms with van der Waals surface area (Å²) < 4.78 is 7.52. The lowest BCUT2D eigenvalue weighted by Gasteiger charge is -2.13. The number of rotatable bonds is 1. The number of hydrogen-bond acceptors (Lipinski definition) is 3. The van der Waals surface area contributed by atoms with Gasteiger partial charge in [-0.05, 0) is 37.5 Å². The number of nitrogens with zero attached hydrogens (tertiary/aromatic N) is 1. The van der Waals surface area contributed by atoms with Gasteiger partial charge in [0.05, 0.1) is 5.52 Å². The fraction of sp³-hybridized carbons (Fsp3) is 0.385. The SMILES string of the molecule is O=C1NCCCCC1n1c(=O)oc2cc(Br)ccc21. The van der Waals surface area contributed by atoms with Crippen molar-refractivity contribution in [1.82, 2.24) is 9.88 Å². The average molecular weight is 325 g/mol. The Hall–Kier alpha value is -1.56. The molecule has 1 saturated heterocycles. The second kappa shape index (κ2) is 4.85. The lowest BCUT2D eigenvalue weighted by molar-refractivity contribution is -0.124. The highest BCUT2D eigenvalue weighted by molar-refractivity contribution is 9.10. The van der Waals surface area contributed by atoms with Crippen LogP contribution in [0.3, 0.4) is 0 Å². The van der Waals surface area contributed by atoms with Gasteiger partial charge in [0.2, 0.25) is 5.91 Å². The van der Waals surface area contributed by atoms with E-state index in [1.165, 1.54) is 4.57 Å². The minimum absolute atomic E-state index is 0.106. The van der Waals surface area contributed by atoms with E-state index in [-0.39, 0.29) is 5.91 Å². The molecule has 0 aliphatic carbocycles.